The number of fused-ring (bicyclic) bond motifs is 3. The molecule has 0 aliphatic carbocycles. The average Bonchev–Trinajstić information content (AvgIpc) is 3.32. The van der Waals surface area contributed by atoms with Gasteiger partial charge in [-0.05, 0) is 12.3 Å². The zero-order valence-corrected chi connectivity index (χ0v) is 17.1. The molecule has 4 aromatic rings. The van der Waals surface area contributed by atoms with Crippen LogP contribution in [0.3, 0.4) is 0 Å². The molecule has 0 radical (unpaired) electrons. The molecule has 5 N–H and O–H groups in total. The van der Waals surface area contributed by atoms with E-state index in [9.17, 15) is 9.59 Å². The van der Waals surface area contributed by atoms with Gasteiger partial charge in [-0.15, -0.1) is 11.3 Å². The van der Waals surface area contributed by atoms with E-state index in [4.69, 9.17) is 16.9 Å². The number of aromatic nitrogens is 6. The second-order valence-corrected chi connectivity index (χ2v) is 7.86. The van der Waals surface area contributed by atoms with Gasteiger partial charge in [0.25, 0.3) is 11.5 Å². The molecular weight excluding hydrogens is 406 g/mol. The van der Waals surface area contributed by atoms with Crippen LogP contribution in [-0.4, -0.2) is 40.7 Å². The number of aryl methyl sites for hydroxylation is 2. The van der Waals surface area contributed by atoms with Crippen LogP contribution in [-0.2, 0) is 27.1 Å². The molecule has 30 heavy (non-hydrogen) atoms. The third kappa shape index (κ3) is 3.16. The van der Waals surface area contributed by atoms with Crippen LogP contribution in [0.15, 0.2) is 29.5 Å². The molecule has 0 saturated carbocycles. The van der Waals surface area contributed by atoms with Crippen LogP contribution in [0, 0.1) is 5.41 Å². The lowest BCUT2D eigenvalue weighted by atomic mass is 10.2. The van der Waals surface area contributed by atoms with Crippen LogP contribution < -0.4 is 17.0 Å². The lowest BCUT2D eigenvalue weighted by molar-refractivity contribution is 0.0999. The van der Waals surface area contributed by atoms with Gasteiger partial charge in [0.2, 0.25) is 0 Å². The second kappa shape index (κ2) is 7.22. The number of hydrogen-bond donors (Lipinski definition) is 3. The summed E-state index contributed by atoms with van der Waals surface area (Å²) in [5.41, 5.74) is 12.5. The SMILES string of the molecule is Cn1cc(C(N)=O)c(Cn2ncc3c4sc(CC(=N)/C=C\N)nc4n(C)c3c2=O)n1. The lowest BCUT2D eigenvalue weighted by Gasteiger charge is -2.05. The van der Waals surface area contributed by atoms with Gasteiger partial charge in [0.05, 0.1) is 28.7 Å². The Morgan fingerprint density at radius 1 is 1.37 bits per heavy atom. The first-order chi connectivity index (χ1) is 14.3. The highest BCUT2D eigenvalue weighted by atomic mass is 32.1. The zero-order valence-electron chi connectivity index (χ0n) is 16.3. The molecule has 154 valence electrons. The third-order valence-corrected chi connectivity index (χ3v) is 5.76. The topological polar surface area (TPSA) is 163 Å². The predicted octanol–water partition coefficient (Wildman–Crippen LogP) is 0.260. The maximum absolute atomic E-state index is 13.1. The lowest BCUT2D eigenvalue weighted by Crippen LogP contribution is -2.26. The number of carbonyl (C=O) groups is 1. The van der Waals surface area contributed by atoms with Crippen molar-refractivity contribution < 1.29 is 4.79 Å². The fourth-order valence-electron chi connectivity index (χ4n) is 3.36. The van der Waals surface area contributed by atoms with Crippen molar-refractivity contribution in [2.75, 3.05) is 0 Å². The number of rotatable bonds is 6. The molecule has 0 spiro atoms. The Kier molecular flexibility index (Phi) is 4.70. The van der Waals surface area contributed by atoms with Gasteiger partial charge in [-0.3, -0.25) is 14.3 Å². The number of amides is 1. The Hall–Kier alpha value is -3.80. The first-order valence-electron chi connectivity index (χ1n) is 8.92. The fourth-order valence-corrected chi connectivity index (χ4v) is 4.49. The van der Waals surface area contributed by atoms with E-state index in [0.717, 1.165) is 9.71 Å². The standard InChI is InChI=1S/C18H19N9O2S/c1-25-7-11(16(21)28)12(24-25)8-27-18(29)14-10(6-22-27)15-17(26(14)2)23-13(30-15)5-9(20)3-4-19/h3-4,6-7,20H,5,8,19H2,1-2H3,(H2,21,28)/b4-3-,20-9?. The van der Waals surface area contributed by atoms with E-state index in [-0.39, 0.29) is 17.7 Å². The highest BCUT2D eigenvalue weighted by Crippen LogP contribution is 2.31. The highest BCUT2D eigenvalue weighted by molar-refractivity contribution is 7.19. The summed E-state index contributed by atoms with van der Waals surface area (Å²) >= 11 is 1.42. The Bertz CT molecular complexity index is 1400. The van der Waals surface area contributed by atoms with Gasteiger partial charge in [-0.1, -0.05) is 0 Å². The van der Waals surface area contributed by atoms with E-state index in [1.807, 2.05) is 0 Å². The summed E-state index contributed by atoms with van der Waals surface area (Å²) in [6.07, 6.45) is 6.32. The van der Waals surface area contributed by atoms with Gasteiger partial charge in [0.15, 0.2) is 5.65 Å². The number of carbonyl (C=O) groups excluding carboxylic acids is 1. The Labute approximate surface area is 173 Å². The monoisotopic (exact) mass is 425 g/mol. The minimum absolute atomic E-state index is 0.0218. The predicted molar refractivity (Wildman–Crippen MR) is 114 cm³/mol. The second-order valence-electron chi connectivity index (χ2n) is 6.78. The van der Waals surface area contributed by atoms with Crippen molar-refractivity contribution in [3.05, 3.63) is 51.3 Å². The van der Waals surface area contributed by atoms with Crippen molar-refractivity contribution in [1.82, 2.24) is 29.1 Å². The normalized spacial score (nSPS) is 11.8. The van der Waals surface area contributed by atoms with E-state index >= 15 is 0 Å². The van der Waals surface area contributed by atoms with Gasteiger partial charge in [0.1, 0.15) is 10.5 Å². The summed E-state index contributed by atoms with van der Waals surface area (Å²) in [5.74, 6) is -0.613. The van der Waals surface area contributed by atoms with E-state index < -0.39 is 5.91 Å². The average molecular weight is 425 g/mol. The molecule has 4 rings (SSSR count). The molecule has 12 heteroatoms. The van der Waals surface area contributed by atoms with Gasteiger partial charge in [-0.2, -0.15) is 10.2 Å². The highest BCUT2D eigenvalue weighted by Gasteiger charge is 2.20. The van der Waals surface area contributed by atoms with Crippen LogP contribution >= 0.6 is 11.3 Å². The largest absolute Gasteiger partial charge is 0.405 e. The Balaban J connectivity index is 1.78. The molecule has 11 nitrogen and oxygen atoms in total. The molecule has 1 amide bonds. The molecule has 0 saturated heterocycles. The summed E-state index contributed by atoms with van der Waals surface area (Å²) in [5, 5.41) is 17.8. The van der Waals surface area contributed by atoms with Crippen LogP contribution in [0.2, 0.25) is 0 Å². The first kappa shape index (κ1) is 19.5. The van der Waals surface area contributed by atoms with E-state index in [2.05, 4.69) is 15.2 Å². The van der Waals surface area contributed by atoms with Crippen LogP contribution in [0.1, 0.15) is 21.1 Å². The molecular formula is C18H19N9O2S. The summed E-state index contributed by atoms with van der Waals surface area (Å²) in [4.78, 5) is 29.3. The van der Waals surface area contributed by atoms with Crippen LogP contribution in [0.5, 0.6) is 0 Å². The smallest absolute Gasteiger partial charge is 0.291 e. The molecule has 0 unspecified atom stereocenters. The molecule has 0 aromatic carbocycles. The van der Waals surface area contributed by atoms with Crippen molar-refractivity contribution >= 4 is 44.2 Å². The third-order valence-electron chi connectivity index (χ3n) is 4.68. The maximum Gasteiger partial charge on any atom is 0.291 e. The van der Waals surface area contributed by atoms with Crippen molar-refractivity contribution in [3.63, 3.8) is 0 Å². The van der Waals surface area contributed by atoms with Gasteiger partial charge in [0, 0.05) is 37.8 Å². The van der Waals surface area contributed by atoms with E-state index in [1.54, 1.807) is 24.9 Å². The number of nitrogens with zero attached hydrogens (tertiary/aromatic N) is 6. The molecule has 0 fully saturated rings. The quantitative estimate of drug-likeness (QED) is 0.375. The van der Waals surface area contributed by atoms with Crippen molar-refractivity contribution in [1.29, 1.82) is 5.41 Å². The molecule has 0 aliphatic rings. The number of thiazole rings is 1. The zero-order chi connectivity index (χ0) is 21.6. The summed E-state index contributed by atoms with van der Waals surface area (Å²) in [6.45, 7) is 0.0218. The van der Waals surface area contributed by atoms with Crippen molar-refractivity contribution in [2.24, 2.45) is 25.6 Å². The van der Waals surface area contributed by atoms with Crippen molar-refractivity contribution in [2.45, 2.75) is 13.0 Å². The van der Waals surface area contributed by atoms with Crippen molar-refractivity contribution in [3.8, 4) is 0 Å². The number of primary amides is 1. The summed E-state index contributed by atoms with van der Waals surface area (Å²) < 4.78 is 5.28. The Morgan fingerprint density at radius 2 is 2.13 bits per heavy atom. The fraction of sp³-hybridized carbons (Fsp3) is 0.222. The minimum Gasteiger partial charge on any atom is -0.405 e. The molecule has 0 atom stereocenters. The van der Waals surface area contributed by atoms with E-state index in [1.165, 1.54) is 39.2 Å². The number of nitrogens with one attached hydrogen (secondary N) is 1. The van der Waals surface area contributed by atoms with Gasteiger partial charge >= 0.3 is 0 Å². The van der Waals surface area contributed by atoms with Crippen LogP contribution in [0.4, 0.5) is 0 Å². The van der Waals surface area contributed by atoms with Gasteiger partial charge in [-0.25, -0.2) is 9.67 Å². The number of nitrogens with two attached hydrogens (primary N) is 2. The van der Waals surface area contributed by atoms with Gasteiger partial charge < -0.3 is 21.4 Å². The van der Waals surface area contributed by atoms with Crippen LogP contribution in [0.25, 0.3) is 21.3 Å². The summed E-state index contributed by atoms with van der Waals surface area (Å²) in [6, 6.07) is 0. The molecule has 4 aromatic heterocycles. The minimum atomic E-state index is -0.613. The number of hydrogen-bond acceptors (Lipinski definition) is 8. The van der Waals surface area contributed by atoms with E-state index in [0.29, 0.717) is 34.4 Å². The number of allylic oxidation sites excluding steroid dienone is 1. The molecule has 0 bridgehead atoms. The maximum atomic E-state index is 13.1. The molecule has 0 aliphatic heterocycles. The molecule has 4 heterocycles. The summed E-state index contributed by atoms with van der Waals surface area (Å²) in [7, 11) is 3.44. The first-order valence-corrected chi connectivity index (χ1v) is 9.73. The Morgan fingerprint density at radius 3 is 2.83 bits per heavy atom.